The summed E-state index contributed by atoms with van der Waals surface area (Å²) in [6.45, 7) is 2.12. The first-order valence-electron chi connectivity index (χ1n) is 6.02. The molecule has 0 aliphatic rings. The van der Waals surface area contributed by atoms with Crippen LogP contribution in [-0.4, -0.2) is 4.98 Å². The maximum absolute atomic E-state index is 6.22. The molecule has 2 aromatic carbocycles. The lowest BCUT2D eigenvalue weighted by molar-refractivity contribution is 0.620. The highest BCUT2D eigenvalue weighted by molar-refractivity contribution is 9.10. The lowest BCUT2D eigenvalue weighted by Crippen LogP contribution is -1.80. The molecule has 0 radical (unpaired) electrons. The molecule has 0 N–H and O–H groups in total. The molecule has 0 saturated carbocycles. The average molecular weight is 337 g/mol. The Kier molecular flexibility index (Phi) is 3.33. The van der Waals surface area contributed by atoms with E-state index in [0.717, 1.165) is 27.6 Å². The number of halogens is 2. The smallest absolute Gasteiger partial charge is 0.228 e. The molecule has 19 heavy (non-hydrogen) atoms. The maximum atomic E-state index is 6.22. The van der Waals surface area contributed by atoms with Crippen molar-refractivity contribution < 1.29 is 4.42 Å². The van der Waals surface area contributed by atoms with Crippen molar-refractivity contribution in [3.63, 3.8) is 0 Å². The maximum Gasteiger partial charge on any atom is 0.228 e. The van der Waals surface area contributed by atoms with Crippen molar-refractivity contribution in [3.05, 3.63) is 51.5 Å². The second-order valence-electron chi connectivity index (χ2n) is 4.30. The molecule has 3 rings (SSSR count). The van der Waals surface area contributed by atoms with Gasteiger partial charge in [-0.3, -0.25) is 0 Å². The van der Waals surface area contributed by atoms with Crippen LogP contribution in [0.4, 0.5) is 0 Å². The third kappa shape index (κ3) is 2.40. The first-order chi connectivity index (χ1) is 9.17. The Labute approximate surface area is 124 Å². The molecule has 0 fully saturated rings. The molecule has 4 heteroatoms. The first kappa shape index (κ1) is 12.7. The number of benzene rings is 2. The molecule has 2 nitrogen and oxygen atoms in total. The molecule has 0 unspecified atom stereocenters. The van der Waals surface area contributed by atoms with Gasteiger partial charge in [-0.1, -0.05) is 40.5 Å². The lowest BCUT2D eigenvalue weighted by Gasteiger charge is -1.99. The Morgan fingerprint density at radius 1 is 1.21 bits per heavy atom. The van der Waals surface area contributed by atoms with Gasteiger partial charge in [-0.15, -0.1) is 0 Å². The molecule has 0 aliphatic heterocycles. The van der Waals surface area contributed by atoms with Crippen molar-refractivity contribution in [2.24, 2.45) is 0 Å². The van der Waals surface area contributed by atoms with E-state index in [9.17, 15) is 0 Å². The zero-order valence-electron chi connectivity index (χ0n) is 10.3. The monoisotopic (exact) mass is 335 g/mol. The van der Waals surface area contributed by atoms with Gasteiger partial charge in [0, 0.05) is 4.47 Å². The summed E-state index contributed by atoms with van der Waals surface area (Å²) >= 11 is 9.61. The van der Waals surface area contributed by atoms with E-state index in [0.29, 0.717) is 10.9 Å². The number of hydrogen-bond donors (Lipinski definition) is 0. The zero-order valence-corrected chi connectivity index (χ0v) is 12.6. The number of aromatic nitrogens is 1. The van der Waals surface area contributed by atoms with Gasteiger partial charge in [0.1, 0.15) is 5.52 Å². The highest BCUT2D eigenvalue weighted by Crippen LogP contribution is 2.32. The molecule has 0 saturated heterocycles. The third-order valence-corrected chi connectivity index (χ3v) is 3.83. The van der Waals surface area contributed by atoms with Crippen LogP contribution in [0.25, 0.3) is 22.6 Å². The second-order valence-corrected chi connectivity index (χ2v) is 5.62. The summed E-state index contributed by atoms with van der Waals surface area (Å²) < 4.78 is 6.70. The summed E-state index contributed by atoms with van der Waals surface area (Å²) in [5, 5.41) is 0.622. The van der Waals surface area contributed by atoms with Gasteiger partial charge < -0.3 is 4.42 Å². The normalized spacial score (nSPS) is 11.1. The molecular formula is C15H11BrClNO. The summed E-state index contributed by atoms with van der Waals surface area (Å²) in [6.07, 6.45) is 0.983. The van der Waals surface area contributed by atoms with Crippen LogP contribution in [0.2, 0.25) is 5.02 Å². The molecular weight excluding hydrogens is 326 g/mol. The fourth-order valence-electron chi connectivity index (χ4n) is 1.97. The van der Waals surface area contributed by atoms with E-state index in [1.54, 1.807) is 0 Å². The average Bonchev–Trinajstić information content (AvgIpc) is 2.80. The van der Waals surface area contributed by atoms with E-state index >= 15 is 0 Å². The Morgan fingerprint density at radius 2 is 2.05 bits per heavy atom. The largest absolute Gasteiger partial charge is 0.436 e. The van der Waals surface area contributed by atoms with Gasteiger partial charge in [0.25, 0.3) is 0 Å². The van der Waals surface area contributed by atoms with Crippen molar-refractivity contribution in [1.82, 2.24) is 4.98 Å². The molecule has 0 aliphatic carbocycles. The summed E-state index contributed by atoms with van der Waals surface area (Å²) in [6, 6.07) is 11.7. The van der Waals surface area contributed by atoms with Crippen LogP contribution in [0.1, 0.15) is 12.5 Å². The lowest BCUT2D eigenvalue weighted by atomic mass is 10.1. The van der Waals surface area contributed by atoms with Crippen molar-refractivity contribution >= 4 is 38.6 Å². The SMILES string of the molecule is CCc1ccc2oc(-c3ccc(Br)cc3Cl)nc2c1. The van der Waals surface area contributed by atoms with E-state index in [1.165, 1.54) is 5.56 Å². The number of hydrogen-bond acceptors (Lipinski definition) is 2. The fraction of sp³-hybridized carbons (Fsp3) is 0.133. The van der Waals surface area contributed by atoms with Crippen LogP contribution in [0.15, 0.2) is 45.3 Å². The topological polar surface area (TPSA) is 26.0 Å². The van der Waals surface area contributed by atoms with Crippen LogP contribution in [-0.2, 0) is 6.42 Å². The molecule has 0 atom stereocenters. The molecule has 0 spiro atoms. The van der Waals surface area contributed by atoms with Gasteiger partial charge in [0.05, 0.1) is 10.6 Å². The van der Waals surface area contributed by atoms with Crippen molar-refractivity contribution in [2.45, 2.75) is 13.3 Å². The number of aryl methyl sites for hydroxylation is 1. The van der Waals surface area contributed by atoms with E-state index in [4.69, 9.17) is 16.0 Å². The van der Waals surface area contributed by atoms with Crippen molar-refractivity contribution in [2.75, 3.05) is 0 Å². The van der Waals surface area contributed by atoms with Gasteiger partial charge in [-0.25, -0.2) is 4.98 Å². The Hall–Kier alpha value is -1.32. The predicted molar refractivity (Wildman–Crippen MR) is 81.5 cm³/mol. The quantitative estimate of drug-likeness (QED) is 0.620. The molecule has 0 amide bonds. The molecule has 96 valence electrons. The summed E-state index contributed by atoms with van der Waals surface area (Å²) in [4.78, 5) is 4.52. The zero-order chi connectivity index (χ0) is 13.4. The summed E-state index contributed by atoms with van der Waals surface area (Å²) in [7, 11) is 0. The molecule has 1 heterocycles. The predicted octanol–water partition coefficient (Wildman–Crippen LogP) is 5.47. The van der Waals surface area contributed by atoms with Gasteiger partial charge in [-0.05, 0) is 42.3 Å². The van der Waals surface area contributed by atoms with Crippen LogP contribution in [0.3, 0.4) is 0 Å². The van der Waals surface area contributed by atoms with Crippen LogP contribution in [0, 0.1) is 0 Å². The van der Waals surface area contributed by atoms with E-state index in [-0.39, 0.29) is 0 Å². The number of oxazole rings is 1. The molecule has 1 aromatic heterocycles. The summed E-state index contributed by atoms with van der Waals surface area (Å²) in [5.74, 6) is 0.556. The Balaban J connectivity index is 2.14. The van der Waals surface area contributed by atoms with Gasteiger partial charge in [0.15, 0.2) is 5.58 Å². The molecule has 0 bridgehead atoms. The minimum absolute atomic E-state index is 0.556. The first-order valence-corrected chi connectivity index (χ1v) is 7.19. The van der Waals surface area contributed by atoms with Crippen molar-refractivity contribution in [3.8, 4) is 11.5 Å². The minimum atomic E-state index is 0.556. The Bertz CT molecular complexity index is 751. The van der Waals surface area contributed by atoms with Crippen molar-refractivity contribution in [1.29, 1.82) is 0 Å². The van der Waals surface area contributed by atoms with E-state index in [2.05, 4.69) is 40.0 Å². The molecule has 3 aromatic rings. The highest BCUT2D eigenvalue weighted by Gasteiger charge is 2.12. The van der Waals surface area contributed by atoms with Crippen LogP contribution in [0.5, 0.6) is 0 Å². The minimum Gasteiger partial charge on any atom is -0.436 e. The third-order valence-electron chi connectivity index (χ3n) is 3.02. The van der Waals surface area contributed by atoms with E-state index < -0.39 is 0 Å². The van der Waals surface area contributed by atoms with Crippen LogP contribution < -0.4 is 0 Å². The Morgan fingerprint density at radius 3 is 2.79 bits per heavy atom. The van der Waals surface area contributed by atoms with Gasteiger partial charge in [-0.2, -0.15) is 0 Å². The highest BCUT2D eigenvalue weighted by atomic mass is 79.9. The van der Waals surface area contributed by atoms with Crippen LogP contribution >= 0.6 is 27.5 Å². The fourth-order valence-corrected chi connectivity index (χ4v) is 2.73. The van der Waals surface area contributed by atoms with Gasteiger partial charge in [0.2, 0.25) is 5.89 Å². The van der Waals surface area contributed by atoms with Gasteiger partial charge >= 0.3 is 0 Å². The number of fused-ring (bicyclic) bond motifs is 1. The summed E-state index contributed by atoms with van der Waals surface area (Å²) in [5.41, 5.74) is 3.70. The second kappa shape index (κ2) is 4.99. The van der Waals surface area contributed by atoms with E-state index in [1.807, 2.05) is 24.3 Å². The number of nitrogens with zero attached hydrogens (tertiary/aromatic N) is 1. The standard InChI is InChI=1S/C15H11BrClNO/c1-2-9-3-6-14-13(7-9)18-15(19-14)11-5-4-10(16)8-12(11)17/h3-8H,2H2,1H3. The number of rotatable bonds is 2.